The van der Waals surface area contributed by atoms with E-state index in [1.807, 2.05) is 12.1 Å². The summed E-state index contributed by atoms with van der Waals surface area (Å²) in [6.07, 6.45) is 4.18. The average molecular weight is 276 g/mol. The van der Waals surface area contributed by atoms with Gasteiger partial charge in [0.25, 0.3) is 5.91 Å². The van der Waals surface area contributed by atoms with Gasteiger partial charge in [-0.3, -0.25) is 4.79 Å². The van der Waals surface area contributed by atoms with Crippen LogP contribution in [0.2, 0.25) is 0 Å². The number of hydrogen-bond donors (Lipinski definition) is 1. The number of rotatable bonds is 4. The van der Waals surface area contributed by atoms with Crippen LogP contribution in [0.3, 0.4) is 0 Å². The third kappa shape index (κ3) is 3.93. The minimum Gasteiger partial charge on any atom is -0.370 e. The summed E-state index contributed by atoms with van der Waals surface area (Å²) in [7, 11) is 5.66. The third-order valence-corrected chi connectivity index (χ3v) is 3.71. The van der Waals surface area contributed by atoms with Crippen molar-refractivity contribution in [1.82, 2.24) is 14.8 Å². The first-order chi connectivity index (χ1) is 9.56. The maximum Gasteiger partial charge on any atom is 0.254 e. The predicted octanol–water partition coefficient (Wildman–Crippen LogP) is 1.54. The molecule has 0 aromatic carbocycles. The van der Waals surface area contributed by atoms with Crippen molar-refractivity contribution < 1.29 is 4.79 Å². The molecule has 5 heteroatoms. The summed E-state index contributed by atoms with van der Waals surface area (Å²) >= 11 is 0. The Morgan fingerprint density at radius 3 is 2.90 bits per heavy atom. The number of hydrogen-bond acceptors (Lipinski definition) is 4. The molecular weight excluding hydrogens is 252 g/mol. The highest BCUT2D eigenvalue weighted by molar-refractivity contribution is 5.93. The number of aromatic nitrogens is 1. The van der Waals surface area contributed by atoms with Gasteiger partial charge >= 0.3 is 0 Å². The molecule has 1 amide bonds. The maximum absolute atomic E-state index is 11.8. The van der Waals surface area contributed by atoms with Crippen molar-refractivity contribution in [3.05, 3.63) is 23.9 Å². The normalized spacial score (nSPS) is 19.6. The van der Waals surface area contributed by atoms with Crippen molar-refractivity contribution >= 4 is 11.7 Å². The Bertz CT molecular complexity index is 444. The molecule has 1 N–H and O–H groups in total. The summed E-state index contributed by atoms with van der Waals surface area (Å²) in [6.45, 7) is 3.29. The first-order valence-corrected chi connectivity index (χ1v) is 7.16. The molecule has 1 atom stereocenters. The SMILES string of the molecule is CN1CCCC(CNc2ccc(C(=O)N(C)C)cn2)C1. The summed E-state index contributed by atoms with van der Waals surface area (Å²) in [4.78, 5) is 20.0. The number of likely N-dealkylation sites (tertiary alicyclic amines) is 1. The van der Waals surface area contributed by atoms with Crippen molar-refractivity contribution in [1.29, 1.82) is 0 Å². The number of anilines is 1. The van der Waals surface area contributed by atoms with E-state index in [1.54, 1.807) is 25.2 Å². The molecule has 0 aliphatic carbocycles. The Balaban J connectivity index is 1.86. The lowest BCUT2D eigenvalue weighted by Gasteiger charge is -2.29. The molecular formula is C15H24N4O. The molecule has 1 fully saturated rings. The second-order valence-electron chi connectivity index (χ2n) is 5.78. The highest BCUT2D eigenvalue weighted by Crippen LogP contribution is 2.16. The Labute approximate surface area is 121 Å². The van der Waals surface area contributed by atoms with Gasteiger partial charge in [-0.05, 0) is 44.5 Å². The second kappa shape index (κ2) is 6.70. The molecule has 2 rings (SSSR count). The number of pyridine rings is 1. The van der Waals surface area contributed by atoms with E-state index in [0.717, 1.165) is 18.9 Å². The van der Waals surface area contributed by atoms with Crippen LogP contribution >= 0.6 is 0 Å². The molecule has 110 valence electrons. The highest BCUT2D eigenvalue weighted by Gasteiger charge is 2.16. The largest absolute Gasteiger partial charge is 0.370 e. The van der Waals surface area contributed by atoms with Gasteiger partial charge in [0.15, 0.2) is 0 Å². The summed E-state index contributed by atoms with van der Waals surface area (Å²) in [5, 5.41) is 3.37. The van der Waals surface area contributed by atoms with Crippen molar-refractivity contribution in [3.8, 4) is 0 Å². The van der Waals surface area contributed by atoms with E-state index in [2.05, 4.69) is 22.2 Å². The zero-order chi connectivity index (χ0) is 14.5. The molecule has 20 heavy (non-hydrogen) atoms. The Kier molecular flexibility index (Phi) is 4.95. The van der Waals surface area contributed by atoms with E-state index >= 15 is 0 Å². The summed E-state index contributed by atoms with van der Waals surface area (Å²) < 4.78 is 0. The fraction of sp³-hybridized carbons (Fsp3) is 0.600. The third-order valence-electron chi connectivity index (χ3n) is 3.71. The van der Waals surface area contributed by atoms with Crippen LogP contribution in [0.5, 0.6) is 0 Å². The number of amides is 1. The van der Waals surface area contributed by atoms with Gasteiger partial charge in [-0.1, -0.05) is 0 Å². The van der Waals surface area contributed by atoms with Gasteiger partial charge in [0.2, 0.25) is 0 Å². The molecule has 2 heterocycles. The van der Waals surface area contributed by atoms with Crippen LogP contribution in [0.4, 0.5) is 5.82 Å². The predicted molar refractivity (Wildman–Crippen MR) is 81.0 cm³/mol. The number of piperidine rings is 1. The standard InChI is InChI=1S/C15H24N4O/c1-18(2)15(20)13-6-7-14(17-10-13)16-9-12-5-4-8-19(3)11-12/h6-7,10,12H,4-5,8-9,11H2,1-3H3,(H,16,17). The lowest BCUT2D eigenvalue weighted by atomic mass is 9.98. The van der Waals surface area contributed by atoms with Gasteiger partial charge in [-0.2, -0.15) is 0 Å². The van der Waals surface area contributed by atoms with Crippen LogP contribution in [0.15, 0.2) is 18.3 Å². The molecule has 1 saturated heterocycles. The van der Waals surface area contributed by atoms with Crippen LogP contribution in [-0.4, -0.2) is 61.5 Å². The smallest absolute Gasteiger partial charge is 0.254 e. The number of nitrogens with zero attached hydrogens (tertiary/aromatic N) is 3. The number of nitrogens with one attached hydrogen (secondary N) is 1. The average Bonchev–Trinajstić information content (AvgIpc) is 2.45. The number of carbonyl (C=O) groups is 1. The van der Waals surface area contributed by atoms with E-state index in [1.165, 1.54) is 19.4 Å². The summed E-state index contributed by atoms with van der Waals surface area (Å²) in [6, 6.07) is 3.70. The summed E-state index contributed by atoms with van der Waals surface area (Å²) in [5.74, 6) is 1.50. The molecule has 1 aliphatic rings. The van der Waals surface area contributed by atoms with Gasteiger partial charge in [0.05, 0.1) is 5.56 Å². The van der Waals surface area contributed by atoms with E-state index in [0.29, 0.717) is 11.5 Å². The summed E-state index contributed by atoms with van der Waals surface area (Å²) in [5.41, 5.74) is 0.623. The van der Waals surface area contributed by atoms with Crippen molar-refractivity contribution in [3.63, 3.8) is 0 Å². The minimum atomic E-state index is -0.0158. The van der Waals surface area contributed by atoms with Gasteiger partial charge in [-0.25, -0.2) is 4.98 Å². The molecule has 1 unspecified atom stereocenters. The van der Waals surface area contributed by atoms with E-state index < -0.39 is 0 Å². The lowest BCUT2D eigenvalue weighted by Crippen LogP contribution is -2.35. The van der Waals surface area contributed by atoms with E-state index in [-0.39, 0.29) is 5.91 Å². The fourth-order valence-electron chi connectivity index (χ4n) is 2.57. The van der Waals surface area contributed by atoms with E-state index in [4.69, 9.17) is 0 Å². The maximum atomic E-state index is 11.8. The van der Waals surface area contributed by atoms with Gasteiger partial charge in [0.1, 0.15) is 5.82 Å². The molecule has 0 bridgehead atoms. The zero-order valence-corrected chi connectivity index (χ0v) is 12.6. The Morgan fingerprint density at radius 1 is 1.50 bits per heavy atom. The Morgan fingerprint density at radius 2 is 2.30 bits per heavy atom. The van der Waals surface area contributed by atoms with Crippen molar-refractivity contribution in [2.45, 2.75) is 12.8 Å². The topological polar surface area (TPSA) is 48.5 Å². The Hall–Kier alpha value is -1.62. The molecule has 5 nitrogen and oxygen atoms in total. The van der Waals surface area contributed by atoms with Crippen LogP contribution in [0, 0.1) is 5.92 Å². The van der Waals surface area contributed by atoms with Gasteiger partial charge in [0, 0.05) is 33.4 Å². The molecule has 1 aromatic rings. The van der Waals surface area contributed by atoms with Crippen molar-refractivity contribution in [2.75, 3.05) is 46.1 Å². The van der Waals surface area contributed by atoms with E-state index in [9.17, 15) is 4.79 Å². The molecule has 0 radical (unpaired) electrons. The van der Waals surface area contributed by atoms with Crippen LogP contribution in [-0.2, 0) is 0 Å². The van der Waals surface area contributed by atoms with Gasteiger partial charge < -0.3 is 15.1 Å². The van der Waals surface area contributed by atoms with Gasteiger partial charge in [-0.15, -0.1) is 0 Å². The first-order valence-electron chi connectivity index (χ1n) is 7.16. The molecule has 0 saturated carbocycles. The lowest BCUT2D eigenvalue weighted by molar-refractivity contribution is 0.0827. The monoisotopic (exact) mass is 276 g/mol. The second-order valence-corrected chi connectivity index (χ2v) is 5.78. The number of carbonyl (C=O) groups excluding carboxylic acids is 1. The van der Waals surface area contributed by atoms with Crippen LogP contribution in [0.25, 0.3) is 0 Å². The molecule has 1 aliphatic heterocycles. The first kappa shape index (κ1) is 14.8. The molecule has 1 aromatic heterocycles. The highest BCUT2D eigenvalue weighted by atomic mass is 16.2. The quantitative estimate of drug-likeness (QED) is 0.906. The van der Waals surface area contributed by atoms with Crippen molar-refractivity contribution in [2.24, 2.45) is 5.92 Å². The van der Waals surface area contributed by atoms with Crippen LogP contribution in [0.1, 0.15) is 23.2 Å². The molecule has 0 spiro atoms. The fourth-order valence-corrected chi connectivity index (χ4v) is 2.57. The minimum absolute atomic E-state index is 0.0158. The zero-order valence-electron chi connectivity index (χ0n) is 12.6. The van der Waals surface area contributed by atoms with Crippen LogP contribution < -0.4 is 5.32 Å².